The van der Waals surface area contributed by atoms with E-state index in [4.69, 9.17) is 14.2 Å². The van der Waals surface area contributed by atoms with Gasteiger partial charge in [0, 0.05) is 36.6 Å². The standard InChI is InChI=1S/C24H27N3O4/c1-18-9-11-20(12-10-18)27-22(28)17-31-24-19(6-5-7-21(24)29-2)16-25-14-15-30-23-8-3-4-13-26-23/h3-13,25H,14-17H2,1-2H3,(H,27,28). The third-order valence-electron chi connectivity index (χ3n) is 4.45. The van der Waals surface area contributed by atoms with Crippen molar-refractivity contribution in [2.45, 2.75) is 13.5 Å². The summed E-state index contributed by atoms with van der Waals surface area (Å²) in [6.45, 7) is 3.52. The summed E-state index contributed by atoms with van der Waals surface area (Å²) in [5.41, 5.74) is 2.75. The predicted octanol–water partition coefficient (Wildman–Crippen LogP) is 3.58. The number of rotatable bonds is 11. The second kappa shape index (κ2) is 11.6. The molecule has 0 saturated carbocycles. The molecule has 0 atom stereocenters. The summed E-state index contributed by atoms with van der Waals surface area (Å²) in [5, 5.41) is 6.14. The fraction of sp³-hybridized carbons (Fsp3) is 0.250. The number of methoxy groups -OCH3 is 1. The van der Waals surface area contributed by atoms with E-state index in [1.807, 2.05) is 61.5 Å². The monoisotopic (exact) mass is 421 g/mol. The Hall–Kier alpha value is -3.58. The van der Waals surface area contributed by atoms with E-state index in [-0.39, 0.29) is 12.5 Å². The third-order valence-corrected chi connectivity index (χ3v) is 4.45. The third kappa shape index (κ3) is 7.01. The van der Waals surface area contributed by atoms with Gasteiger partial charge in [0.25, 0.3) is 5.91 Å². The SMILES string of the molecule is COc1cccc(CNCCOc2ccccn2)c1OCC(=O)Nc1ccc(C)cc1. The molecule has 2 N–H and O–H groups in total. The van der Waals surface area contributed by atoms with E-state index < -0.39 is 0 Å². The van der Waals surface area contributed by atoms with E-state index in [0.717, 1.165) is 16.8 Å². The molecule has 0 fully saturated rings. The molecule has 3 rings (SSSR count). The first kappa shape index (κ1) is 22.1. The Morgan fingerprint density at radius 3 is 2.58 bits per heavy atom. The van der Waals surface area contributed by atoms with Crippen LogP contribution in [-0.2, 0) is 11.3 Å². The lowest BCUT2D eigenvalue weighted by atomic mass is 10.2. The van der Waals surface area contributed by atoms with Crippen molar-refractivity contribution in [3.63, 3.8) is 0 Å². The minimum atomic E-state index is -0.238. The van der Waals surface area contributed by atoms with E-state index in [1.165, 1.54) is 0 Å². The quantitative estimate of drug-likeness (QED) is 0.461. The maximum atomic E-state index is 12.3. The van der Waals surface area contributed by atoms with Crippen LogP contribution in [0.15, 0.2) is 66.9 Å². The maximum Gasteiger partial charge on any atom is 0.262 e. The van der Waals surface area contributed by atoms with Gasteiger partial charge in [-0.1, -0.05) is 35.9 Å². The number of pyridine rings is 1. The number of hydrogen-bond acceptors (Lipinski definition) is 6. The minimum Gasteiger partial charge on any atom is -0.493 e. The lowest BCUT2D eigenvalue weighted by Crippen LogP contribution is -2.23. The number of para-hydroxylation sites is 1. The Balaban J connectivity index is 1.51. The van der Waals surface area contributed by atoms with E-state index in [0.29, 0.717) is 37.1 Å². The molecule has 0 aliphatic heterocycles. The molecular formula is C24H27N3O4. The number of carbonyl (C=O) groups excluding carboxylic acids is 1. The zero-order chi connectivity index (χ0) is 21.9. The molecule has 1 aromatic heterocycles. The lowest BCUT2D eigenvalue weighted by Gasteiger charge is -2.15. The van der Waals surface area contributed by atoms with Gasteiger partial charge < -0.3 is 24.8 Å². The van der Waals surface area contributed by atoms with Crippen LogP contribution >= 0.6 is 0 Å². The number of anilines is 1. The van der Waals surface area contributed by atoms with Crippen molar-refractivity contribution in [3.05, 3.63) is 78.0 Å². The average Bonchev–Trinajstić information content (AvgIpc) is 2.80. The molecule has 0 saturated heterocycles. The molecule has 0 aliphatic rings. The smallest absolute Gasteiger partial charge is 0.262 e. The Bertz CT molecular complexity index is 962. The predicted molar refractivity (Wildman–Crippen MR) is 120 cm³/mol. The van der Waals surface area contributed by atoms with E-state index in [1.54, 1.807) is 19.4 Å². The Morgan fingerprint density at radius 1 is 1.00 bits per heavy atom. The minimum absolute atomic E-state index is 0.121. The molecule has 0 aliphatic carbocycles. The van der Waals surface area contributed by atoms with E-state index >= 15 is 0 Å². The van der Waals surface area contributed by atoms with Crippen molar-refractivity contribution in [2.75, 3.05) is 32.2 Å². The molecule has 3 aromatic rings. The van der Waals surface area contributed by atoms with Crippen molar-refractivity contribution < 1.29 is 19.0 Å². The van der Waals surface area contributed by atoms with Crippen LogP contribution in [0.2, 0.25) is 0 Å². The molecule has 0 bridgehead atoms. The highest BCUT2D eigenvalue weighted by molar-refractivity contribution is 5.91. The van der Waals surface area contributed by atoms with Crippen molar-refractivity contribution in [3.8, 4) is 17.4 Å². The zero-order valence-electron chi connectivity index (χ0n) is 17.8. The fourth-order valence-electron chi connectivity index (χ4n) is 2.88. The molecule has 0 spiro atoms. The lowest BCUT2D eigenvalue weighted by molar-refractivity contribution is -0.118. The van der Waals surface area contributed by atoms with Crippen LogP contribution in [0.25, 0.3) is 0 Å². The summed E-state index contributed by atoms with van der Waals surface area (Å²) in [5.74, 6) is 1.47. The molecule has 1 heterocycles. The molecule has 1 amide bonds. The van der Waals surface area contributed by atoms with Gasteiger partial charge >= 0.3 is 0 Å². The number of aromatic nitrogens is 1. The second-order valence-corrected chi connectivity index (χ2v) is 6.84. The van der Waals surface area contributed by atoms with Gasteiger partial charge in [-0.3, -0.25) is 4.79 Å². The van der Waals surface area contributed by atoms with Crippen molar-refractivity contribution in [1.82, 2.24) is 10.3 Å². The van der Waals surface area contributed by atoms with Crippen LogP contribution in [0.1, 0.15) is 11.1 Å². The number of hydrogen-bond donors (Lipinski definition) is 2. The number of nitrogens with one attached hydrogen (secondary N) is 2. The normalized spacial score (nSPS) is 10.4. The summed E-state index contributed by atoms with van der Waals surface area (Å²) in [7, 11) is 1.58. The van der Waals surface area contributed by atoms with Crippen molar-refractivity contribution in [2.24, 2.45) is 0 Å². The Morgan fingerprint density at radius 2 is 1.84 bits per heavy atom. The molecule has 31 heavy (non-hydrogen) atoms. The summed E-state index contributed by atoms with van der Waals surface area (Å²) >= 11 is 0. The number of aryl methyl sites for hydroxylation is 1. The number of amides is 1. The zero-order valence-corrected chi connectivity index (χ0v) is 17.8. The first-order valence-electron chi connectivity index (χ1n) is 10.1. The summed E-state index contributed by atoms with van der Waals surface area (Å²) in [4.78, 5) is 16.4. The fourth-order valence-corrected chi connectivity index (χ4v) is 2.88. The van der Waals surface area contributed by atoms with Crippen LogP contribution in [-0.4, -0.2) is 37.8 Å². The van der Waals surface area contributed by atoms with Gasteiger partial charge in [0.2, 0.25) is 5.88 Å². The summed E-state index contributed by atoms with van der Waals surface area (Å²) < 4.78 is 16.8. The largest absolute Gasteiger partial charge is 0.493 e. The topological polar surface area (TPSA) is 81.7 Å². The van der Waals surface area contributed by atoms with Crippen LogP contribution in [0.3, 0.4) is 0 Å². The maximum absolute atomic E-state index is 12.3. The first-order valence-corrected chi connectivity index (χ1v) is 10.1. The van der Waals surface area contributed by atoms with Gasteiger partial charge in [-0.25, -0.2) is 4.98 Å². The van der Waals surface area contributed by atoms with Crippen molar-refractivity contribution in [1.29, 1.82) is 0 Å². The molecular weight excluding hydrogens is 394 g/mol. The van der Waals surface area contributed by atoms with Crippen LogP contribution < -0.4 is 24.8 Å². The van der Waals surface area contributed by atoms with Gasteiger partial charge in [0.05, 0.1) is 7.11 Å². The highest BCUT2D eigenvalue weighted by Gasteiger charge is 2.13. The molecule has 2 aromatic carbocycles. The highest BCUT2D eigenvalue weighted by atomic mass is 16.5. The van der Waals surface area contributed by atoms with Gasteiger partial charge in [0.1, 0.15) is 6.61 Å². The number of benzene rings is 2. The first-order chi connectivity index (χ1) is 15.2. The van der Waals surface area contributed by atoms with E-state index in [2.05, 4.69) is 15.6 Å². The van der Waals surface area contributed by atoms with Crippen LogP contribution in [0.4, 0.5) is 5.69 Å². The van der Waals surface area contributed by atoms with Gasteiger partial charge in [0.15, 0.2) is 18.1 Å². The molecule has 7 heteroatoms. The molecule has 0 unspecified atom stereocenters. The van der Waals surface area contributed by atoms with Gasteiger partial charge in [-0.15, -0.1) is 0 Å². The molecule has 7 nitrogen and oxygen atoms in total. The van der Waals surface area contributed by atoms with Crippen molar-refractivity contribution >= 4 is 11.6 Å². The number of carbonyl (C=O) groups is 1. The molecule has 162 valence electrons. The highest BCUT2D eigenvalue weighted by Crippen LogP contribution is 2.31. The number of nitrogens with zero attached hydrogens (tertiary/aromatic N) is 1. The second-order valence-electron chi connectivity index (χ2n) is 6.84. The van der Waals surface area contributed by atoms with Gasteiger partial charge in [-0.05, 0) is 31.2 Å². The summed E-state index contributed by atoms with van der Waals surface area (Å²) in [6, 6.07) is 18.8. The van der Waals surface area contributed by atoms with Crippen LogP contribution in [0.5, 0.6) is 17.4 Å². The van der Waals surface area contributed by atoms with Crippen LogP contribution in [0, 0.1) is 6.92 Å². The van der Waals surface area contributed by atoms with E-state index in [9.17, 15) is 4.79 Å². The Kier molecular flexibility index (Phi) is 8.25. The Labute approximate surface area is 182 Å². The van der Waals surface area contributed by atoms with Gasteiger partial charge in [-0.2, -0.15) is 0 Å². The number of ether oxygens (including phenoxy) is 3. The average molecular weight is 421 g/mol. The summed E-state index contributed by atoms with van der Waals surface area (Å²) in [6.07, 6.45) is 1.69. The molecule has 0 radical (unpaired) electrons.